The first kappa shape index (κ1) is 15.0. The summed E-state index contributed by atoms with van der Waals surface area (Å²) in [5.41, 5.74) is 0.0156. The van der Waals surface area contributed by atoms with Crippen LogP contribution >= 0.6 is 22.9 Å². The molecule has 0 saturated carbocycles. The minimum absolute atomic E-state index is 0.181. The number of rotatable bonds is 5. The second-order valence-corrected chi connectivity index (χ2v) is 5.87. The van der Waals surface area contributed by atoms with Gasteiger partial charge in [-0.15, -0.1) is 18.2 Å². The van der Waals surface area contributed by atoms with Gasteiger partial charge in [0.05, 0.1) is 11.6 Å². The number of anilines is 1. The predicted molar refractivity (Wildman–Crippen MR) is 75.5 cm³/mol. The highest BCUT2D eigenvalue weighted by atomic mass is 35.5. The Kier molecular flexibility index (Phi) is 5.16. The molecule has 100 valence electrons. The number of halogens is 1. The number of hydrogen-bond donors (Lipinski definition) is 1. The highest BCUT2D eigenvalue weighted by Crippen LogP contribution is 2.26. The molecule has 4 nitrogen and oxygen atoms in total. The second-order valence-electron chi connectivity index (χ2n) is 4.60. The molecule has 0 unspecified atom stereocenters. The summed E-state index contributed by atoms with van der Waals surface area (Å²) < 4.78 is 5.31. The fourth-order valence-electron chi connectivity index (χ4n) is 1.16. The van der Waals surface area contributed by atoms with Crippen LogP contribution in [0, 0.1) is 0 Å². The Labute approximate surface area is 116 Å². The first-order valence-electron chi connectivity index (χ1n) is 5.51. The molecule has 1 rings (SSSR count). The highest BCUT2D eigenvalue weighted by molar-refractivity contribution is 7.17. The molecule has 1 heterocycles. The summed E-state index contributed by atoms with van der Waals surface area (Å²) in [6.07, 6.45) is 1.72. The lowest BCUT2D eigenvalue weighted by Gasteiger charge is -2.18. The molecular formula is C12H17ClN2O2S. The molecule has 0 atom stereocenters. The minimum atomic E-state index is -0.528. The molecule has 0 saturated heterocycles. The molecule has 0 bridgehead atoms. The van der Waals surface area contributed by atoms with Crippen molar-refractivity contribution in [3.05, 3.63) is 23.2 Å². The molecule has 0 aliphatic heterocycles. The second kappa shape index (κ2) is 6.20. The summed E-state index contributed by atoms with van der Waals surface area (Å²) >= 11 is 7.03. The normalized spacial score (nSPS) is 11.1. The van der Waals surface area contributed by atoms with E-state index in [1.54, 1.807) is 6.08 Å². The largest absolute Gasteiger partial charge is 0.456 e. The summed E-state index contributed by atoms with van der Waals surface area (Å²) in [6.45, 7) is 9.66. The average Bonchev–Trinajstić information content (AvgIpc) is 2.67. The van der Waals surface area contributed by atoms with Crippen LogP contribution in [0.5, 0.6) is 0 Å². The lowest BCUT2D eigenvalue weighted by molar-refractivity contribution is 0.00741. The van der Waals surface area contributed by atoms with Crippen LogP contribution in [0.25, 0.3) is 0 Å². The van der Waals surface area contributed by atoms with Gasteiger partial charge in [0.1, 0.15) is 10.5 Å². The topological polar surface area (TPSA) is 51.2 Å². The van der Waals surface area contributed by atoms with Gasteiger partial charge in [-0.2, -0.15) is 0 Å². The van der Waals surface area contributed by atoms with Crippen LogP contribution in [0.1, 0.15) is 36.1 Å². The van der Waals surface area contributed by atoms with Crippen LogP contribution in [0.15, 0.2) is 12.7 Å². The highest BCUT2D eigenvalue weighted by Gasteiger charge is 2.23. The summed E-state index contributed by atoms with van der Waals surface area (Å²) in [4.78, 5) is 16.7. The number of alkyl halides is 1. The van der Waals surface area contributed by atoms with Gasteiger partial charge in [0.2, 0.25) is 0 Å². The van der Waals surface area contributed by atoms with Crippen molar-refractivity contribution < 1.29 is 9.53 Å². The van der Waals surface area contributed by atoms with Crippen LogP contribution in [0.4, 0.5) is 5.13 Å². The Bertz CT molecular complexity index is 438. The number of nitrogens with zero attached hydrogens (tertiary/aromatic N) is 1. The molecule has 1 N–H and O–H groups in total. The van der Waals surface area contributed by atoms with Gasteiger partial charge in [0.15, 0.2) is 5.13 Å². The molecule has 0 aliphatic rings. The van der Waals surface area contributed by atoms with E-state index >= 15 is 0 Å². The standard InChI is InChI=1S/C12H17ClN2O2S/c1-5-6-14-11-15-8(7-13)9(18-11)10(16)17-12(2,3)4/h5H,1,6-7H2,2-4H3,(H,14,15). The third kappa shape index (κ3) is 4.31. The molecule has 6 heteroatoms. The number of carbonyl (C=O) groups is 1. The van der Waals surface area contributed by atoms with E-state index in [0.717, 1.165) is 0 Å². The summed E-state index contributed by atoms with van der Waals surface area (Å²) in [5.74, 6) is -0.205. The van der Waals surface area contributed by atoms with Gasteiger partial charge in [-0.25, -0.2) is 9.78 Å². The molecule has 18 heavy (non-hydrogen) atoms. The first-order chi connectivity index (χ1) is 8.37. The van der Waals surface area contributed by atoms with Crippen LogP contribution < -0.4 is 5.32 Å². The van der Waals surface area contributed by atoms with Crippen molar-refractivity contribution in [2.24, 2.45) is 0 Å². The van der Waals surface area contributed by atoms with E-state index in [9.17, 15) is 4.79 Å². The zero-order chi connectivity index (χ0) is 13.8. The number of carbonyl (C=O) groups excluding carboxylic acids is 1. The van der Waals surface area contributed by atoms with Gasteiger partial charge >= 0.3 is 5.97 Å². The number of ether oxygens (including phenoxy) is 1. The molecule has 0 fully saturated rings. The van der Waals surface area contributed by atoms with Crippen LogP contribution in [0.2, 0.25) is 0 Å². The van der Waals surface area contributed by atoms with Gasteiger partial charge in [-0.3, -0.25) is 0 Å². The van der Waals surface area contributed by atoms with Crippen molar-refractivity contribution in [2.75, 3.05) is 11.9 Å². The Morgan fingerprint density at radius 3 is 2.78 bits per heavy atom. The number of aromatic nitrogens is 1. The predicted octanol–water partition coefficient (Wildman–Crippen LogP) is 3.44. The molecule has 1 aromatic heterocycles. The van der Waals surface area contributed by atoms with Crippen molar-refractivity contribution in [1.29, 1.82) is 0 Å². The van der Waals surface area contributed by atoms with E-state index in [1.165, 1.54) is 11.3 Å². The maximum atomic E-state index is 12.0. The number of hydrogen-bond acceptors (Lipinski definition) is 5. The lowest BCUT2D eigenvalue weighted by Crippen LogP contribution is -2.23. The van der Waals surface area contributed by atoms with Gasteiger partial charge < -0.3 is 10.1 Å². The number of nitrogens with one attached hydrogen (secondary N) is 1. The quantitative estimate of drug-likeness (QED) is 0.512. The molecule has 0 radical (unpaired) electrons. The van der Waals surface area contributed by atoms with Gasteiger partial charge in [-0.1, -0.05) is 17.4 Å². The molecule has 0 amide bonds. The van der Waals surface area contributed by atoms with Gasteiger partial charge in [0, 0.05) is 6.54 Å². The number of thiazole rings is 1. The molecule has 0 aliphatic carbocycles. The maximum Gasteiger partial charge on any atom is 0.350 e. The van der Waals surface area contributed by atoms with Crippen LogP contribution in [-0.4, -0.2) is 23.1 Å². The Morgan fingerprint density at radius 2 is 2.28 bits per heavy atom. The minimum Gasteiger partial charge on any atom is -0.456 e. The smallest absolute Gasteiger partial charge is 0.350 e. The maximum absolute atomic E-state index is 12.0. The summed E-state index contributed by atoms with van der Waals surface area (Å²) in [7, 11) is 0. The lowest BCUT2D eigenvalue weighted by atomic mass is 10.2. The summed E-state index contributed by atoms with van der Waals surface area (Å²) in [5, 5.41) is 3.67. The fraction of sp³-hybridized carbons (Fsp3) is 0.500. The molecule has 0 spiro atoms. The monoisotopic (exact) mass is 288 g/mol. The van der Waals surface area contributed by atoms with Crippen molar-refractivity contribution >= 4 is 34.0 Å². The average molecular weight is 289 g/mol. The van der Waals surface area contributed by atoms with E-state index in [4.69, 9.17) is 16.3 Å². The van der Waals surface area contributed by atoms with E-state index in [-0.39, 0.29) is 11.8 Å². The van der Waals surface area contributed by atoms with Crippen molar-refractivity contribution in [2.45, 2.75) is 32.3 Å². The van der Waals surface area contributed by atoms with E-state index in [1.807, 2.05) is 20.8 Å². The van der Waals surface area contributed by atoms with E-state index in [0.29, 0.717) is 22.2 Å². The molecule has 0 aromatic carbocycles. The van der Waals surface area contributed by atoms with E-state index < -0.39 is 5.60 Å². The van der Waals surface area contributed by atoms with Crippen LogP contribution in [0.3, 0.4) is 0 Å². The van der Waals surface area contributed by atoms with Crippen LogP contribution in [-0.2, 0) is 10.6 Å². The van der Waals surface area contributed by atoms with Gasteiger partial charge in [0.25, 0.3) is 0 Å². The van der Waals surface area contributed by atoms with Crippen molar-refractivity contribution in [1.82, 2.24) is 4.98 Å². The SMILES string of the molecule is C=CCNc1nc(CCl)c(C(=O)OC(C)(C)C)s1. The number of esters is 1. The zero-order valence-corrected chi connectivity index (χ0v) is 12.3. The molecular weight excluding hydrogens is 272 g/mol. The zero-order valence-electron chi connectivity index (χ0n) is 10.7. The summed E-state index contributed by atoms with van der Waals surface area (Å²) in [6, 6.07) is 0. The van der Waals surface area contributed by atoms with Crippen molar-refractivity contribution in [3.63, 3.8) is 0 Å². The molecule has 1 aromatic rings. The van der Waals surface area contributed by atoms with E-state index in [2.05, 4.69) is 16.9 Å². The van der Waals surface area contributed by atoms with Gasteiger partial charge in [-0.05, 0) is 20.8 Å². The third-order valence-electron chi connectivity index (χ3n) is 1.81. The Balaban J connectivity index is 2.89. The Morgan fingerprint density at radius 1 is 1.61 bits per heavy atom. The third-order valence-corrected chi connectivity index (χ3v) is 3.09. The first-order valence-corrected chi connectivity index (χ1v) is 6.86. The van der Waals surface area contributed by atoms with Crippen molar-refractivity contribution in [3.8, 4) is 0 Å². The Hall–Kier alpha value is -1.07. The fourth-order valence-corrected chi connectivity index (χ4v) is 2.30.